The van der Waals surface area contributed by atoms with Crippen molar-refractivity contribution in [3.63, 3.8) is 0 Å². The van der Waals surface area contributed by atoms with Gasteiger partial charge in [-0.25, -0.2) is 4.98 Å². The number of H-pyrrole nitrogens is 1. The number of hydrogen-bond donors (Lipinski definition) is 1. The van der Waals surface area contributed by atoms with Gasteiger partial charge in [-0.3, -0.25) is 9.78 Å². The maximum atomic E-state index is 12.4. The van der Waals surface area contributed by atoms with Crippen LogP contribution in [0, 0.1) is 6.92 Å². The van der Waals surface area contributed by atoms with Crippen LogP contribution in [0.15, 0.2) is 64.2 Å². The lowest BCUT2D eigenvalue weighted by molar-refractivity contribution is 0.431. The van der Waals surface area contributed by atoms with Gasteiger partial charge in [0.25, 0.3) is 11.4 Å². The monoisotopic (exact) mass is 331 g/mol. The van der Waals surface area contributed by atoms with E-state index < -0.39 is 0 Å². The highest BCUT2D eigenvalue weighted by Crippen LogP contribution is 2.19. The van der Waals surface area contributed by atoms with Crippen LogP contribution in [0.25, 0.3) is 34.4 Å². The molecule has 25 heavy (non-hydrogen) atoms. The summed E-state index contributed by atoms with van der Waals surface area (Å²) in [5.41, 5.74) is 2.29. The van der Waals surface area contributed by atoms with E-state index in [4.69, 9.17) is 4.52 Å². The summed E-state index contributed by atoms with van der Waals surface area (Å²) in [5, 5.41) is 3.89. The van der Waals surface area contributed by atoms with Crippen molar-refractivity contribution in [1.29, 1.82) is 0 Å². The van der Waals surface area contributed by atoms with Crippen molar-refractivity contribution in [2.24, 2.45) is 0 Å². The van der Waals surface area contributed by atoms with Gasteiger partial charge in [0.2, 0.25) is 5.82 Å². The minimum atomic E-state index is -0.346. The zero-order valence-electron chi connectivity index (χ0n) is 13.3. The number of pyridine rings is 1. The fourth-order valence-electron chi connectivity index (χ4n) is 2.33. The normalized spacial score (nSPS) is 10.8. The lowest BCUT2D eigenvalue weighted by Gasteiger charge is -2.00. The summed E-state index contributed by atoms with van der Waals surface area (Å²) in [4.78, 5) is 27.9. The molecule has 0 fully saturated rings. The molecule has 3 aromatic heterocycles. The number of aromatic amines is 1. The highest BCUT2D eigenvalue weighted by Gasteiger charge is 2.15. The number of rotatable bonds is 3. The predicted molar refractivity (Wildman–Crippen MR) is 91.6 cm³/mol. The van der Waals surface area contributed by atoms with Crippen molar-refractivity contribution < 1.29 is 4.52 Å². The predicted octanol–water partition coefficient (Wildman–Crippen LogP) is 2.86. The lowest BCUT2D eigenvalue weighted by Crippen LogP contribution is -2.11. The van der Waals surface area contributed by atoms with E-state index >= 15 is 0 Å². The van der Waals surface area contributed by atoms with Gasteiger partial charge in [-0.2, -0.15) is 4.98 Å². The summed E-state index contributed by atoms with van der Waals surface area (Å²) in [7, 11) is 0. The molecule has 4 aromatic rings. The zero-order valence-corrected chi connectivity index (χ0v) is 13.3. The topological polar surface area (TPSA) is 97.6 Å². The Morgan fingerprint density at radius 2 is 1.84 bits per heavy atom. The van der Waals surface area contributed by atoms with E-state index in [1.54, 1.807) is 12.3 Å². The molecule has 0 aliphatic rings. The highest BCUT2D eigenvalue weighted by atomic mass is 16.5. The standard InChI is InChI=1S/C18H13N5O2/c1-11-7-8-14(19-9-11)16-22-18(25-23-16)13-10-20-15(21-17(13)24)12-5-3-2-4-6-12/h2-10H,1H3,(H,20,21,24). The maximum Gasteiger partial charge on any atom is 0.265 e. The zero-order chi connectivity index (χ0) is 17.2. The summed E-state index contributed by atoms with van der Waals surface area (Å²) in [6.45, 7) is 1.94. The summed E-state index contributed by atoms with van der Waals surface area (Å²) >= 11 is 0. The smallest absolute Gasteiger partial charge is 0.265 e. The van der Waals surface area contributed by atoms with E-state index in [1.165, 1.54) is 6.20 Å². The Morgan fingerprint density at radius 3 is 2.56 bits per heavy atom. The van der Waals surface area contributed by atoms with Gasteiger partial charge in [0.15, 0.2) is 0 Å². The van der Waals surface area contributed by atoms with Gasteiger partial charge in [-0.1, -0.05) is 41.6 Å². The van der Waals surface area contributed by atoms with Crippen molar-refractivity contribution >= 4 is 0 Å². The molecule has 0 bridgehead atoms. The molecule has 0 aliphatic heterocycles. The van der Waals surface area contributed by atoms with E-state index in [-0.39, 0.29) is 17.0 Å². The number of nitrogens with one attached hydrogen (secondary N) is 1. The van der Waals surface area contributed by atoms with Gasteiger partial charge in [-0.05, 0) is 18.6 Å². The van der Waals surface area contributed by atoms with Crippen LogP contribution in [0.4, 0.5) is 0 Å². The molecule has 0 aliphatic carbocycles. The van der Waals surface area contributed by atoms with Crippen molar-refractivity contribution in [3.8, 4) is 34.4 Å². The molecular formula is C18H13N5O2. The molecule has 0 unspecified atom stereocenters. The molecule has 4 rings (SSSR count). The number of hydrogen-bond acceptors (Lipinski definition) is 6. The quantitative estimate of drug-likeness (QED) is 0.620. The van der Waals surface area contributed by atoms with Crippen LogP contribution in [0.3, 0.4) is 0 Å². The number of aromatic nitrogens is 5. The Bertz CT molecular complexity index is 1070. The summed E-state index contributed by atoms with van der Waals surface area (Å²) < 4.78 is 5.20. The minimum absolute atomic E-state index is 0.103. The number of nitrogens with zero attached hydrogens (tertiary/aromatic N) is 4. The van der Waals surface area contributed by atoms with Crippen LogP contribution >= 0.6 is 0 Å². The maximum absolute atomic E-state index is 12.4. The number of benzene rings is 1. The molecule has 0 saturated heterocycles. The molecule has 0 radical (unpaired) electrons. The summed E-state index contributed by atoms with van der Waals surface area (Å²) in [6, 6.07) is 13.1. The van der Waals surface area contributed by atoms with Gasteiger partial charge in [0.05, 0.1) is 0 Å². The minimum Gasteiger partial charge on any atom is -0.333 e. The Kier molecular flexibility index (Phi) is 3.66. The fourth-order valence-corrected chi connectivity index (χ4v) is 2.33. The Morgan fingerprint density at radius 1 is 1.00 bits per heavy atom. The van der Waals surface area contributed by atoms with E-state index in [2.05, 4.69) is 25.1 Å². The first-order valence-corrected chi connectivity index (χ1v) is 7.62. The largest absolute Gasteiger partial charge is 0.333 e. The molecule has 0 spiro atoms. The van der Waals surface area contributed by atoms with Crippen molar-refractivity contribution in [1.82, 2.24) is 25.1 Å². The Labute approximate surface area is 142 Å². The molecule has 7 nitrogen and oxygen atoms in total. The van der Waals surface area contributed by atoms with Gasteiger partial charge in [-0.15, -0.1) is 0 Å². The highest BCUT2D eigenvalue weighted by molar-refractivity contribution is 5.59. The molecule has 122 valence electrons. The van der Waals surface area contributed by atoms with Crippen LogP contribution in [0.1, 0.15) is 5.56 Å². The van der Waals surface area contributed by atoms with E-state index in [9.17, 15) is 4.79 Å². The van der Waals surface area contributed by atoms with Crippen LogP contribution in [0.2, 0.25) is 0 Å². The van der Waals surface area contributed by atoms with Crippen LogP contribution in [-0.2, 0) is 0 Å². The first kappa shape index (κ1) is 14.9. The molecule has 3 heterocycles. The van der Waals surface area contributed by atoms with Crippen molar-refractivity contribution in [2.45, 2.75) is 6.92 Å². The number of aryl methyl sites for hydroxylation is 1. The van der Waals surface area contributed by atoms with Crippen molar-refractivity contribution in [2.75, 3.05) is 0 Å². The summed E-state index contributed by atoms with van der Waals surface area (Å²) in [5.74, 6) is 0.904. The van der Waals surface area contributed by atoms with Crippen LogP contribution < -0.4 is 5.56 Å². The average molecular weight is 331 g/mol. The molecule has 0 atom stereocenters. The van der Waals surface area contributed by atoms with Crippen molar-refractivity contribution in [3.05, 3.63) is 70.8 Å². The molecule has 0 saturated carbocycles. The fraction of sp³-hybridized carbons (Fsp3) is 0.0556. The van der Waals surface area contributed by atoms with Gasteiger partial charge in [0.1, 0.15) is 17.1 Å². The third-order valence-electron chi connectivity index (χ3n) is 3.64. The first-order chi connectivity index (χ1) is 12.2. The molecular weight excluding hydrogens is 318 g/mol. The Balaban J connectivity index is 1.69. The average Bonchev–Trinajstić information content (AvgIpc) is 3.13. The lowest BCUT2D eigenvalue weighted by atomic mass is 10.2. The molecule has 0 amide bonds. The van der Waals surface area contributed by atoms with Gasteiger partial charge < -0.3 is 9.51 Å². The Hall–Kier alpha value is -3.61. The van der Waals surface area contributed by atoms with Gasteiger partial charge in [0, 0.05) is 18.0 Å². The molecule has 1 N–H and O–H groups in total. The molecule has 7 heteroatoms. The summed E-state index contributed by atoms with van der Waals surface area (Å²) in [6.07, 6.45) is 3.15. The first-order valence-electron chi connectivity index (χ1n) is 7.62. The van der Waals surface area contributed by atoms with E-state index in [1.807, 2.05) is 43.3 Å². The second kappa shape index (κ2) is 6.12. The SMILES string of the molecule is Cc1ccc(-c2noc(-c3cnc(-c4ccccc4)[nH]c3=O)n2)nc1. The van der Waals surface area contributed by atoms with E-state index in [0.717, 1.165) is 11.1 Å². The van der Waals surface area contributed by atoms with E-state index in [0.29, 0.717) is 17.3 Å². The third-order valence-corrected chi connectivity index (χ3v) is 3.64. The molecule has 1 aromatic carbocycles. The second-order valence-corrected chi connectivity index (χ2v) is 5.48. The van der Waals surface area contributed by atoms with Crippen LogP contribution in [0.5, 0.6) is 0 Å². The van der Waals surface area contributed by atoms with Gasteiger partial charge >= 0.3 is 0 Å². The third kappa shape index (κ3) is 2.94. The van der Waals surface area contributed by atoms with Crippen LogP contribution in [-0.4, -0.2) is 25.1 Å². The second-order valence-electron chi connectivity index (χ2n) is 5.48.